The van der Waals surface area contributed by atoms with E-state index in [-0.39, 0.29) is 16.8 Å². The van der Waals surface area contributed by atoms with E-state index in [4.69, 9.17) is 9.72 Å². The Labute approximate surface area is 211 Å². The van der Waals surface area contributed by atoms with Crippen molar-refractivity contribution in [3.63, 3.8) is 0 Å². The predicted molar refractivity (Wildman–Crippen MR) is 136 cm³/mol. The molecule has 1 unspecified atom stereocenters. The van der Waals surface area contributed by atoms with Crippen LogP contribution < -0.4 is 4.74 Å². The first-order valence-corrected chi connectivity index (χ1v) is 13.8. The summed E-state index contributed by atoms with van der Waals surface area (Å²) in [6, 6.07) is 13.8. The minimum atomic E-state index is -3.31. The zero-order valence-corrected chi connectivity index (χ0v) is 21.6. The van der Waals surface area contributed by atoms with Crippen molar-refractivity contribution in [1.82, 2.24) is 19.9 Å². The third-order valence-electron chi connectivity index (χ3n) is 6.08. The van der Waals surface area contributed by atoms with E-state index in [0.717, 1.165) is 28.4 Å². The van der Waals surface area contributed by atoms with Crippen LogP contribution in [0.4, 0.5) is 0 Å². The zero-order chi connectivity index (χ0) is 24.7. The van der Waals surface area contributed by atoms with E-state index in [1.54, 1.807) is 25.3 Å². The van der Waals surface area contributed by atoms with Crippen LogP contribution in [0.25, 0.3) is 22.6 Å². The van der Waals surface area contributed by atoms with Crippen molar-refractivity contribution in [3.8, 4) is 23.0 Å². The Hall–Kier alpha value is -3.24. The number of fused-ring (bicyclic) bond motifs is 1. The molecule has 1 N–H and O–H groups in total. The van der Waals surface area contributed by atoms with Gasteiger partial charge in [0, 0.05) is 42.0 Å². The first kappa shape index (κ1) is 23.5. The van der Waals surface area contributed by atoms with Gasteiger partial charge in [-0.25, -0.2) is 13.4 Å². The van der Waals surface area contributed by atoms with Gasteiger partial charge in [0.05, 0.1) is 22.0 Å². The molecule has 180 valence electrons. The lowest BCUT2D eigenvalue weighted by Gasteiger charge is -2.25. The fourth-order valence-corrected chi connectivity index (χ4v) is 5.25. The average molecular weight is 555 g/mol. The van der Waals surface area contributed by atoms with E-state index in [2.05, 4.69) is 25.9 Å². The van der Waals surface area contributed by atoms with Crippen LogP contribution in [0.3, 0.4) is 0 Å². The summed E-state index contributed by atoms with van der Waals surface area (Å²) < 4.78 is 30.8. The Balaban J connectivity index is 1.59. The van der Waals surface area contributed by atoms with Crippen LogP contribution in [0.5, 0.6) is 11.5 Å². The molecule has 0 aliphatic carbocycles. The number of ether oxygens (including phenoxy) is 1. The molecule has 1 aliphatic heterocycles. The maximum Gasteiger partial charge on any atom is 0.219 e. The normalized spacial score (nSPS) is 16.1. The highest BCUT2D eigenvalue weighted by Crippen LogP contribution is 2.41. The van der Waals surface area contributed by atoms with Gasteiger partial charge in [0.15, 0.2) is 15.7 Å². The smallest absolute Gasteiger partial charge is 0.219 e. The third kappa shape index (κ3) is 4.81. The molecule has 35 heavy (non-hydrogen) atoms. The van der Waals surface area contributed by atoms with Gasteiger partial charge >= 0.3 is 0 Å². The minimum absolute atomic E-state index is 0.0143. The molecule has 4 aromatic rings. The number of amides is 1. The Morgan fingerprint density at radius 3 is 2.60 bits per heavy atom. The predicted octanol–water partition coefficient (Wildman–Crippen LogP) is 5.27. The molecule has 1 amide bonds. The number of H-pyrrole nitrogens is 1. The highest BCUT2D eigenvalue weighted by molar-refractivity contribution is 9.10. The van der Waals surface area contributed by atoms with Crippen molar-refractivity contribution in [1.29, 1.82) is 0 Å². The molecule has 1 fully saturated rings. The summed E-state index contributed by atoms with van der Waals surface area (Å²) in [5, 5.41) is 0. The van der Waals surface area contributed by atoms with E-state index >= 15 is 0 Å². The lowest BCUT2D eigenvalue weighted by atomic mass is 10.0. The molecule has 0 saturated carbocycles. The molecule has 0 spiro atoms. The Kier molecular flexibility index (Phi) is 6.10. The maximum absolute atomic E-state index is 12.3. The van der Waals surface area contributed by atoms with Crippen LogP contribution in [0.15, 0.2) is 64.1 Å². The summed E-state index contributed by atoms with van der Waals surface area (Å²) in [6.07, 6.45) is 4.61. The van der Waals surface area contributed by atoms with E-state index in [9.17, 15) is 13.2 Å². The second-order valence-electron chi connectivity index (χ2n) is 8.57. The van der Waals surface area contributed by atoms with E-state index < -0.39 is 9.84 Å². The van der Waals surface area contributed by atoms with E-state index in [0.29, 0.717) is 35.1 Å². The van der Waals surface area contributed by atoms with Gasteiger partial charge in [-0.3, -0.25) is 9.78 Å². The number of nitrogens with zero attached hydrogens (tertiary/aromatic N) is 3. The summed E-state index contributed by atoms with van der Waals surface area (Å²) in [7, 11) is -3.31. The van der Waals surface area contributed by atoms with Crippen LogP contribution in [0.2, 0.25) is 0 Å². The summed E-state index contributed by atoms with van der Waals surface area (Å²) in [4.78, 5) is 26.9. The van der Waals surface area contributed by atoms with Crippen molar-refractivity contribution in [2.45, 2.75) is 30.7 Å². The van der Waals surface area contributed by atoms with Gasteiger partial charge in [-0.15, -0.1) is 0 Å². The maximum atomic E-state index is 12.3. The number of carbonyl (C=O) groups is 1. The standard InChI is InChI=1S/C25H23BrN4O4S/c1-15(31)30-11-3-4-23(30)19-12-21-22(29-25(28-21)20-10-5-16(26)14-27-20)13-24(19)34-17-6-8-18(9-7-17)35(2,32)33/h5-10,12-14,23H,3-4,11H2,1-2H3,(H,28,29). The molecule has 2 aromatic heterocycles. The number of hydrogen-bond acceptors (Lipinski definition) is 6. The largest absolute Gasteiger partial charge is 0.457 e. The van der Waals surface area contributed by atoms with Crippen LogP contribution in [0.1, 0.15) is 31.4 Å². The number of aromatic nitrogens is 3. The molecule has 8 nitrogen and oxygen atoms in total. The lowest BCUT2D eigenvalue weighted by Crippen LogP contribution is -2.28. The average Bonchev–Trinajstić information content (AvgIpc) is 3.46. The molecule has 3 heterocycles. The fourth-order valence-electron chi connectivity index (χ4n) is 4.39. The second kappa shape index (κ2) is 9.09. The Morgan fingerprint density at radius 1 is 1.17 bits per heavy atom. The van der Waals surface area contributed by atoms with Crippen molar-refractivity contribution in [3.05, 3.63) is 64.8 Å². The SMILES string of the molecule is CC(=O)N1CCCC1c1cc2[nH]c(-c3ccc(Br)cn3)nc2cc1Oc1ccc(S(C)(=O)=O)cc1. The minimum Gasteiger partial charge on any atom is -0.457 e. The first-order chi connectivity index (χ1) is 16.7. The van der Waals surface area contributed by atoms with Crippen molar-refractivity contribution >= 4 is 42.7 Å². The van der Waals surface area contributed by atoms with Gasteiger partial charge in [0.2, 0.25) is 5.91 Å². The Bertz CT molecular complexity index is 1520. The molecular weight excluding hydrogens is 532 g/mol. The van der Waals surface area contributed by atoms with Crippen LogP contribution in [0, 0.1) is 0 Å². The number of halogens is 1. The van der Waals surface area contributed by atoms with Gasteiger partial charge in [0.25, 0.3) is 0 Å². The van der Waals surface area contributed by atoms with Crippen LogP contribution in [-0.2, 0) is 14.6 Å². The number of rotatable bonds is 5. The van der Waals surface area contributed by atoms with Crippen LogP contribution >= 0.6 is 15.9 Å². The fraction of sp³-hybridized carbons (Fsp3) is 0.240. The molecule has 2 aromatic carbocycles. The molecular formula is C25H23BrN4O4S. The van der Waals surface area contributed by atoms with Gasteiger partial charge < -0.3 is 14.6 Å². The highest BCUT2D eigenvalue weighted by Gasteiger charge is 2.31. The van der Waals surface area contributed by atoms with Gasteiger partial charge in [-0.2, -0.15) is 0 Å². The summed E-state index contributed by atoms with van der Waals surface area (Å²) in [5.41, 5.74) is 3.09. The van der Waals surface area contributed by atoms with Crippen molar-refractivity contribution in [2.75, 3.05) is 12.8 Å². The number of benzene rings is 2. The number of imidazole rings is 1. The molecule has 1 atom stereocenters. The number of nitrogens with one attached hydrogen (secondary N) is 1. The number of likely N-dealkylation sites (tertiary alicyclic amines) is 1. The van der Waals surface area contributed by atoms with E-state index in [1.807, 2.05) is 29.2 Å². The number of hydrogen-bond donors (Lipinski definition) is 1. The quantitative estimate of drug-likeness (QED) is 0.360. The van der Waals surface area contributed by atoms with Crippen molar-refractivity contribution < 1.29 is 17.9 Å². The molecule has 0 bridgehead atoms. The summed E-state index contributed by atoms with van der Waals surface area (Å²) in [6.45, 7) is 2.27. The van der Waals surface area contributed by atoms with Gasteiger partial charge in [-0.1, -0.05) is 0 Å². The Morgan fingerprint density at radius 2 is 1.94 bits per heavy atom. The summed E-state index contributed by atoms with van der Waals surface area (Å²) in [5.74, 6) is 1.71. The monoisotopic (exact) mass is 554 g/mol. The molecule has 1 aliphatic rings. The molecule has 0 radical (unpaired) electrons. The first-order valence-electron chi connectivity index (χ1n) is 11.1. The number of sulfone groups is 1. The molecule has 1 saturated heterocycles. The molecule has 10 heteroatoms. The highest BCUT2D eigenvalue weighted by atomic mass is 79.9. The lowest BCUT2D eigenvalue weighted by molar-refractivity contribution is -0.129. The zero-order valence-electron chi connectivity index (χ0n) is 19.2. The summed E-state index contributed by atoms with van der Waals surface area (Å²) >= 11 is 3.40. The van der Waals surface area contributed by atoms with Gasteiger partial charge in [-0.05, 0) is 71.2 Å². The number of carbonyl (C=O) groups excluding carboxylic acids is 1. The second-order valence-corrected chi connectivity index (χ2v) is 11.5. The van der Waals surface area contributed by atoms with Crippen molar-refractivity contribution in [2.24, 2.45) is 0 Å². The van der Waals surface area contributed by atoms with Gasteiger partial charge in [0.1, 0.15) is 17.2 Å². The van der Waals surface area contributed by atoms with E-state index in [1.165, 1.54) is 18.4 Å². The number of pyridine rings is 1. The number of aromatic amines is 1. The third-order valence-corrected chi connectivity index (χ3v) is 7.68. The van der Waals surface area contributed by atoms with Crippen LogP contribution in [-0.4, -0.2) is 47.0 Å². The molecule has 5 rings (SSSR count). The topological polar surface area (TPSA) is 105 Å².